The maximum absolute atomic E-state index is 13.0. The largest absolute Gasteiger partial charge is 0.348 e. The van der Waals surface area contributed by atoms with Crippen LogP contribution in [0.25, 0.3) is 6.08 Å². The predicted molar refractivity (Wildman–Crippen MR) is 85.1 cm³/mol. The molecule has 3 N–H and O–H groups in total. The van der Waals surface area contributed by atoms with Crippen LogP contribution in [0.15, 0.2) is 59.5 Å². The molecule has 1 amide bonds. The SMILES string of the molecule is NS(=O)(=O)c1ccc(CNC(=O)C=Cc2cccc(F)c2)cc1. The first kappa shape index (κ1) is 16.9. The molecule has 0 saturated carbocycles. The number of nitrogens with two attached hydrogens (primary N) is 1. The van der Waals surface area contributed by atoms with Gasteiger partial charge in [-0.05, 0) is 41.5 Å². The third kappa shape index (κ3) is 5.32. The van der Waals surface area contributed by atoms with Gasteiger partial charge in [-0.1, -0.05) is 24.3 Å². The standard InChI is InChI=1S/C16H15FN2O3S/c17-14-3-1-2-12(10-14)6-9-16(20)19-11-13-4-7-15(8-5-13)23(18,21)22/h1-10H,11H2,(H,19,20)(H2,18,21,22). The van der Waals surface area contributed by atoms with Gasteiger partial charge >= 0.3 is 0 Å². The quantitative estimate of drug-likeness (QED) is 0.817. The van der Waals surface area contributed by atoms with E-state index in [1.807, 2.05) is 0 Å². The van der Waals surface area contributed by atoms with Crippen LogP contribution in [-0.2, 0) is 21.4 Å². The van der Waals surface area contributed by atoms with Gasteiger partial charge in [0, 0.05) is 12.6 Å². The molecule has 0 aliphatic carbocycles. The molecule has 23 heavy (non-hydrogen) atoms. The minimum Gasteiger partial charge on any atom is -0.348 e. The van der Waals surface area contributed by atoms with Crippen molar-refractivity contribution in [1.82, 2.24) is 5.32 Å². The molecule has 0 unspecified atom stereocenters. The number of sulfonamides is 1. The molecule has 2 rings (SSSR count). The Kier molecular flexibility index (Phi) is 5.25. The molecule has 7 heteroatoms. The highest BCUT2D eigenvalue weighted by Gasteiger charge is 2.06. The number of carbonyl (C=O) groups is 1. The molecule has 2 aromatic carbocycles. The van der Waals surface area contributed by atoms with E-state index in [2.05, 4.69) is 5.32 Å². The van der Waals surface area contributed by atoms with Crippen molar-refractivity contribution in [3.05, 3.63) is 71.6 Å². The maximum atomic E-state index is 13.0. The van der Waals surface area contributed by atoms with Crippen LogP contribution in [0.5, 0.6) is 0 Å². The third-order valence-electron chi connectivity index (χ3n) is 2.99. The Morgan fingerprint density at radius 1 is 1.17 bits per heavy atom. The summed E-state index contributed by atoms with van der Waals surface area (Å²) in [6.45, 7) is 0.233. The topological polar surface area (TPSA) is 89.3 Å². The summed E-state index contributed by atoms with van der Waals surface area (Å²) in [5, 5.41) is 7.64. The van der Waals surface area contributed by atoms with Crippen molar-refractivity contribution in [2.24, 2.45) is 5.14 Å². The minimum atomic E-state index is -3.72. The highest BCUT2D eigenvalue weighted by molar-refractivity contribution is 7.89. The zero-order chi connectivity index (χ0) is 16.9. The van der Waals surface area contributed by atoms with Gasteiger partial charge in [0.05, 0.1) is 4.90 Å². The van der Waals surface area contributed by atoms with Crippen molar-refractivity contribution in [3.8, 4) is 0 Å². The lowest BCUT2D eigenvalue weighted by molar-refractivity contribution is -0.116. The smallest absolute Gasteiger partial charge is 0.244 e. The minimum absolute atomic E-state index is 0.0126. The summed E-state index contributed by atoms with van der Waals surface area (Å²) in [6.07, 6.45) is 2.80. The van der Waals surface area contributed by atoms with Gasteiger partial charge in [-0.25, -0.2) is 17.9 Å². The summed E-state index contributed by atoms with van der Waals surface area (Å²) < 4.78 is 35.2. The van der Waals surface area contributed by atoms with E-state index in [1.54, 1.807) is 24.3 Å². The zero-order valence-corrected chi connectivity index (χ0v) is 12.9. The van der Waals surface area contributed by atoms with Crippen LogP contribution in [0.2, 0.25) is 0 Å². The molecule has 0 radical (unpaired) electrons. The summed E-state index contributed by atoms with van der Waals surface area (Å²) in [6, 6.07) is 11.8. The highest BCUT2D eigenvalue weighted by Crippen LogP contribution is 2.09. The molecule has 0 heterocycles. The van der Waals surface area contributed by atoms with E-state index in [0.29, 0.717) is 5.56 Å². The van der Waals surface area contributed by atoms with Gasteiger partial charge in [0.2, 0.25) is 15.9 Å². The molecular weight excluding hydrogens is 319 g/mol. The Bertz CT molecular complexity index is 831. The average molecular weight is 334 g/mol. The van der Waals surface area contributed by atoms with Crippen molar-refractivity contribution in [3.63, 3.8) is 0 Å². The molecule has 0 aliphatic rings. The lowest BCUT2D eigenvalue weighted by Crippen LogP contribution is -2.20. The van der Waals surface area contributed by atoms with E-state index in [0.717, 1.165) is 5.56 Å². The van der Waals surface area contributed by atoms with Gasteiger partial charge in [-0.15, -0.1) is 0 Å². The van der Waals surface area contributed by atoms with Crippen LogP contribution >= 0.6 is 0 Å². The van der Waals surface area contributed by atoms with Gasteiger partial charge in [-0.2, -0.15) is 0 Å². The second kappa shape index (κ2) is 7.17. The molecule has 120 valence electrons. The highest BCUT2D eigenvalue weighted by atomic mass is 32.2. The third-order valence-corrected chi connectivity index (χ3v) is 3.92. The number of rotatable bonds is 5. The number of primary sulfonamides is 1. The first-order valence-corrected chi connectivity index (χ1v) is 8.22. The normalized spacial score (nSPS) is 11.6. The summed E-state index contributed by atoms with van der Waals surface area (Å²) in [5.74, 6) is -0.715. The number of hydrogen-bond donors (Lipinski definition) is 2. The second-order valence-corrected chi connectivity index (χ2v) is 6.36. The number of benzene rings is 2. The molecule has 0 aromatic heterocycles. The maximum Gasteiger partial charge on any atom is 0.244 e. The number of halogens is 1. The molecule has 0 atom stereocenters. The molecule has 2 aromatic rings. The van der Waals surface area contributed by atoms with Crippen LogP contribution in [-0.4, -0.2) is 14.3 Å². The van der Waals surface area contributed by atoms with E-state index < -0.39 is 10.0 Å². The molecule has 0 aliphatic heterocycles. The number of nitrogens with one attached hydrogen (secondary N) is 1. The van der Waals surface area contributed by atoms with E-state index >= 15 is 0 Å². The van der Waals surface area contributed by atoms with E-state index in [1.165, 1.54) is 36.4 Å². The molecule has 0 bridgehead atoms. The van der Waals surface area contributed by atoms with Crippen LogP contribution in [0.1, 0.15) is 11.1 Å². The van der Waals surface area contributed by atoms with E-state index in [9.17, 15) is 17.6 Å². The molecule has 0 spiro atoms. The number of amides is 1. The second-order valence-electron chi connectivity index (χ2n) is 4.80. The van der Waals surface area contributed by atoms with Crippen LogP contribution < -0.4 is 10.5 Å². The molecule has 5 nitrogen and oxygen atoms in total. The molecule has 0 saturated heterocycles. The summed E-state index contributed by atoms with van der Waals surface area (Å²) in [5.41, 5.74) is 1.31. The van der Waals surface area contributed by atoms with E-state index in [4.69, 9.17) is 5.14 Å². The summed E-state index contributed by atoms with van der Waals surface area (Å²) in [7, 11) is -3.72. The van der Waals surface area contributed by atoms with Crippen LogP contribution in [0.4, 0.5) is 4.39 Å². The number of hydrogen-bond acceptors (Lipinski definition) is 3. The Morgan fingerprint density at radius 2 is 1.87 bits per heavy atom. The first-order chi connectivity index (χ1) is 10.8. The fourth-order valence-corrected chi connectivity index (χ4v) is 2.34. The summed E-state index contributed by atoms with van der Waals surface area (Å²) in [4.78, 5) is 11.7. The van der Waals surface area contributed by atoms with Crippen LogP contribution in [0.3, 0.4) is 0 Å². The fourth-order valence-electron chi connectivity index (χ4n) is 1.83. The zero-order valence-electron chi connectivity index (χ0n) is 12.1. The van der Waals surface area contributed by atoms with Crippen molar-refractivity contribution >= 4 is 22.0 Å². The Morgan fingerprint density at radius 3 is 2.48 bits per heavy atom. The van der Waals surface area contributed by atoms with Gasteiger partial charge in [-0.3, -0.25) is 4.79 Å². The van der Waals surface area contributed by atoms with Gasteiger partial charge in [0.25, 0.3) is 0 Å². The predicted octanol–water partition coefficient (Wildman–Crippen LogP) is 1.80. The average Bonchev–Trinajstić information content (AvgIpc) is 2.50. The molecular formula is C16H15FN2O3S. The Labute approximate surface area is 133 Å². The van der Waals surface area contributed by atoms with Crippen molar-refractivity contribution in [2.75, 3.05) is 0 Å². The van der Waals surface area contributed by atoms with Crippen LogP contribution in [0, 0.1) is 5.82 Å². The first-order valence-electron chi connectivity index (χ1n) is 6.68. The molecule has 0 fully saturated rings. The summed E-state index contributed by atoms with van der Waals surface area (Å²) >= 11 is 0. The Hall–Kier alpha value is -2.51. The van der Waals surface area contributed by atoms with Crippen molar-refractivity contribution in [2.45, 2.75) is 11.4 Å². The lowest BCUT2D eigenvalue weighted by Gasteiger charge is -2.04. The fraction of sp³-hybridized carbons (Fsp3) is 0.0625. The Balaban J connectivity index is 1.91. The van der Waals surface area contributed by atoms with E-state index in [-0.39, 0.29) is 23.2 Å². The monoisotopic (exact) mass is 334 g/mol. The van der Waals surface area contributed by atoms with Crippen molar-refractivity contribution in [1.29, 1.82) is 0 Å². The number of carbonyl (C=O) groups excluding carboxylic acids is 1. The van der Waals surface area contributed by atoms with Gasteiger partial charge in [0.1, 0.15) is 5.82 Å². The van der Waals surface area contributed by atoms with Crippen molar-refractivity contribution < 1.29 is 17.6 Å². The lowest BCUT2D eigenvalue weighted by atomic mass is 10.2. The van der Waals surface area contributed by atoms with Gasteiger partial charge in [0.15, 0.2) is 0 Å². The van der Waals surface area contributed by atoms with Gasteiger partial charge < -0.3 is 5.32 Å².